The molecule has 1 rings (SSSR count). The van der Waals surface area contributed by atoms with Gasteiger partial charge < -0.3 is 4.90 Å². The van der Waals surface area contributed by atoms with E-state index in [1.54, 1.807) is 0 Å². The Balaban J connectivity index is 3.27. The van der Waals surface area contributed by atoms with Crippen LogP contribution in [0.1, 0.15) is 16.7 Å². The van der Waals surface area contributed by atoms with E-state index in [4.69, 9.17) is 0 Å². The number of benzene rings is 1. The van der Waals surface area contributed by atoms with Crippen LogP contribution < -0.4 is 0 Å². The van der Waals surface area contributed by atoms with Crippen LogP contribution in [0.25, 0.3) is 0 Å². The summed E-state index contributed by atoms with van der Waals surface area (Å²) in [6.07, 6.45) is 0.664. The molecule has 0 saturated carbocycles. The Morgan fingerprint density at radius 1 is 1.26 bits per heavy atom. The van der Waals surface area contributed by atoms with Crippen molar-refractivity contribution in [3.63, 3.8) is 0 Å². The maximum Gasteiger partial charge on any atom is 0.193 e. The van der Waals surface area contributed by atoms with Gasteiger partial charge in [0.05, 0.1) is 0 Å². The van der Waals surface area contributed by atoms with E-state index in [1.807, 2.05) is 12.1 Å². The van der Waals surface area contributed by atoms with Crippen molar-refractivity contribution in [2.45, 2.75) is 32.2 Å². The highest BCUT2D eigenvalue weighted by molar-refractivity contribution is 6.75. The monoisotopic (exact) mass is 273 g/mol. The molecular weight excluding hydrogens is 250 g/mol. The molecule has 0 aliphatic heterocycles. The van der Waals surface area contributed by atoms with Crippen LogP contribution in [-0.4, -0.2) is 33.4 Å². The number of aldehydes is 1. The molecule has 0 fully saturated rings. The lowest BCUT2D eigenvalue weighted by Crippen LogP contribution is -2.26. The summed E-state index contributed by atoms with van der Waals surface area (Å²) in [5.41, 5.74) is 3.66. The first-order valence-electron chi connectivity index (χ1n) is 6.54. The first-order chi connectivity index (χ1) is 8.83. The van der Waals surface area contributed by atoms with Crippen LogP contribution in [0.3, 0.4) is 0 Å². The van der Waals surface area contributed by atoms with E-state index in [9.17, 15) is 4.79 Å². The van der Waals surface area contributed by atoms with Gasteiger partial charge in [0.15, 0.2) is 6.29 Å². The molecule has 0 aromatic heterocycles. The molecule has 0 saturated heterocycles. The number of rotatable bonds is 4. The normalized spacial score (nSPS) is 11.1. The summed E-state index contributed by atoms with van der Waals surface area (Å²) >= 11 is 0. The van der Waals surface area contributed by atoms with E-state index in [2.05, 4.69) is 56.5 Å². The number of nitrogens with zero attached hydrogens (tertiary/aromatic N) is 1. The van der Waals surface area contributed by atoms with Crippen molar-refractivity contribution in [2.75, 3.05) is 14.1 Å². The van der Waals surface area contributed by atoms with Crippen molar-refractivity contribution in [1.29, 1.82) is 0 Å². The Hall–Kier alpha value is -1.37. The fraction of sp³-hybridized carbons (Fsp3) is 0.438. The number of hydrogen-bond donors (Lipinski definition) is 0. The summed E-state index contributed by atoms with van der Waals surface area (Å²) < 4.78 is 0. The predicted octanol–water partition coefficient (Wildman–Crippen LogP) is 2.72. The van der Waals surface area contributed by atoms with Crippen LogP contribution in [0.2, 0.25) is 19.6 Å². The van der Waals surface area contributed by atoms with Crippen LogP contribution in [0.15, 0.2) is 18.2 Å². The molecule has 0 amide bonds. The number of hydrogen-bond acceptors (Lipinski definition) is 2. The van der Waals surface area contributed by atoms with Gasteiger partial charge in [0.25, 0.3) is 0 Å². The molecule has 0 heterocycles. The first kappa shape index (κ1) is 15.7. The molecule has 0 aliphatic rings. The molecule has 3 heteroatoms. The molecule has 19 heavy (non-hydrogen) atoms. The van der Waals surface area contributed by atoms with E-state index in [-0.39, 0.29) is 0 Å². The maximum absolute atomic E-state index is 10.5. The van der Waals surface area contributed by atoms with Gasteiger partial charge in [-0.25, -0.2) is 0 Å². The van der Waals surface area contributed by atoms with Crippen LogP contribution in [0.5, 0.6) is 0 Å². The van der Waals surface area contributed by atoms with Gasteiger partial charge in [-0.2, -0.15) is 0 Å². The molecule has 1 aromatic carbocycles. The van der Waals surface area contributed by atoms with Gasteiger partial charge in [-0.15, -0.1) is 0 Å². The van der Waals surface area contributed by atoms with Gasteiger partial charge in [-0.1, -0.05) is 37.7 Å². The highest BCUT2D eigenvalue weighted by Gasteiger charge is 2.18. The van der Waals surface area contributed by atoms with Crippen molar-refractivity contribution in [3.05, 3.63) is 34.9 Å². The van der Waals surface area contributed by atoms with Crippen molar-refractivity contribution in [1.82, 2.24) is 4.90 Å². The lowest BCUT2D eigenvalue weighted by Gasteiger charge is -2.21. The lowest BCUT2D eigenvalue weighted by atomic mass is 10.0. The summed E-state index contributed by atoms with van der Waals surface area (Å²) in [6, 6.07) is 7.31. The van der Waals surface area contributed by atoms with E-state index < -0.39 is 8.07 Å². The van der Waals surface area contributed by atoms with E-state index in [0.29, 0.717) is 6.29 Å². The summed E-state index contributed by atoms with van der Waals surface area (Å²) in [5, 5.41) is 0. The van der Waals surface area contributed by atoms with Gasteiger partial charge in [0.2, 0.25) is 0 Å². The van der Waals surface area contributed by atoms with Crippen LogP contribution in [0.4, 0.5) is 0 Å². The zero-order valence-electron chi connectivity index (χ0n) is 12.6. The fourth-order valence-electron chi connectivity index (χ4n) is 2.09. The topological polar surface area (TPSA) is 20.3 Å². The van der Waals surface area contributed by atoms with E-state index in [1.165, 1.54) is 11.1 Å². The Morgan fingerprint density at radius 2 is 1.95 bits per heavy atom. The van der Waals surface area contributed by atoms with Gasteiger partial charge in [-0.05, 0) is 43.3 Å². The Morgan fingerprint density at radius 3 is 2.47 bits per heavy atom. The Bertz CT molecular complexity index is 504. The van der Waals surface area contributed by atoms with Gasteiger partial charge >= 0.3 is 0 Å². The van der Waals surface area contributed by atoms with Gasteiger partial charge in [0.1, 0.15) is 0 Å². The number of carbonyl (C=O) groups excluding carboxylic acids is 1. The molecule has 0 unspecified atom stereocenters. The average Bonchev–Trinajstić information content (AvgIpc) is 2.27. The molecule has 102 valence electrons. The molecule has 0 bridgehead atoms. The molecule has 0 aliphatic carbocycles. The van der Waals surface area contributed by atoms with Crippen LogP contribution >= 0.6 is 0 Å². The number of carbonyl (C=O) groups is 1. The summed E-state index contributed by atoms with van der Waals surface area (Å²) in [7, 11) is 2.92. The molecule has 0 radical (unpaired) electrons. The standard InChI is InChI=1S/C16H23NOSi/c1-17(2)12-15-9-6-8-14(10-7-11-18)16(15)13-19(3,4)5/h6,8-9,11H,12-13H2,1-5H3. The fourth-order valence-corrected chi connectivity index (χ4v) is 3.57. The smallest absolute Gasteiger partial charge is 0.193 e. The second-order valence-corrected chi connectivity index (χ2v) is 11.8. The minimum Gasteiger partial charge on any atom is -0.305 e. The van der Waals surface area contributed by atoms with Gasteiger partial charge in [0, 0.05) is 20.2 Å². The summed E-state index contributed by atoms with van der Waals surface area (Å²) in [5.74, 6) is 5.53. The average molecular weight is 273 g/mol. The van der Waals surface area contributed by atoms with Crippen LogP contribution in [-0.2, 0) is 17.4 Å². The lowest BCUT2D eigenvalue weighted by molar-refractivity contribution is -0.103. The zero-order valence-corrected chi connectivity index (χ0v) is 13.6. The summed E-state index contributed by atoms with van der Waals surface area (Å²) in [4.78, 5) is 12.6. The molecule has 0 N–H and O–H groups in total. The summed E-state index contributed by atoms with van der Waals surface area (Å²) in [6.45, 7) is 7.99. The third-order valence-electron chi connectivity index (χ3n) is 2.73. The minimum absolute atomic E-state index is 0.664. The largest absolute Gasteiger partial charge is 0.305 e. The quantitative estimate of drug-likeness (QED) is 0.477. The molecular formula is C16H23NOSi. The van der Waals surface area contributed by atoms with Crippen molar-refractivity contribution < 1.29 is 4.79 Å². The molecule has 1 aromatic rings. The Labute approximate surface area is 117 Å². The van der Waals surface area contributed by atoms with E-state index >= 15 is 0 Å². The van der Waals surface area contributed by atoms with Gasteiger partial charge in [-0.3, -0.25) is 4.79 Å². The van der Waals surface area contributed by atoms with Crippen molar-refractivity contribution >= 4 is 14.4 Å². The highest BCUT2D eigenvalue weighted by atomic mass is 28.3. The second-order valence-electron chi connectivity index (χ2n) is 6.31. The first-order valence-corrected chi connectivity index (χ1v) is 10.2. The third kappa shape index (κ3) is 5.42. The molecule has 2 nitrogen and oxygen atoms in total. The second kappa shape index (κ2) is 6.69. The van der Waals surface area contributed by atoms with Crippen molar-refractivity contribution in [3.8, 4) is 11.8 Å². The zero-order chi connectivity index (χ0) is 14.5. The molecule has 0 spiro atoms. The predicted molar refractivity (Wildman–Crippen MR) is 83.8 cm³/mol. The Kier molecular flexibility index (Phi) is 5.53. The van der Waals surface area contributed by atoms with Crippen LogP contribution in [0, 0.1) is 11.8 Å². The maximum atomic E-state index is 10.5. The van der Waals surface area contributed by atoms with E-state index in [0.717, 1.165) is 18.2 Å². The van der Waals surface area contributed by atoms with Crippen molar-refractivity contribution in [2.24, 2.45) is 0 Å². The third-order valence-corrected chi connectivity index (χ3v) is 4.15. The molecule has 0 atom stereocenters. The highest BCUT2D eigenvalue weighted by Crippen LogP contribution is 2.21. The minimum atomic E-state index is -1.23. The SMILES string of the molecule is CN(C)Cc1cccc(C#CC=O)c1C[Si](C)(C)C.